The molecule has 4 aliphatic heterocycles. The van der Waals surface area contributed by atoms with Crippen molar-refractivity contribution in [3.8, 4) is 46.0 Å². The van der Waals surface area contributed by atoms with Crippen LogP contribution in [-0.2, 0) is 107 Å². The van der Waals surface area contributed by atoms with Crippen molar-refractivity contribution >= 4 is 110 Å². The first-order chi connectivity index (χ1) is 64.0. The molecule has 12 heterocycles. The summed E-state index contributed by atoms with van der Waals surface area (Å²) >= 11 is 5.48. The lowest BCUT2D eigenvalue weighted by molar-refractivity contribution is -0.143. The highest BCUT2D eigenvalue weighted by molar-refractivity contribution is 6.28. The van der Waals surface area contributed by atoms with Crippen LogP contribution in [0.15, 0.2) is 261 Å². The van der Waals surface area contributed by atoms with Crippen LogP contribution in [0.5, 0.6) is 46.0 Å². The molecule has 34 heteroatoms. The molecular weight excluding hydrogens is 1740 g/mol. The van der Waals surface area contributed by atoms with E-state index in [9.17, 15) is 29.4 Å². The molecule has 0 bridgehead atoms. The summed E-state index contributed by atoms with van der Waals surface area (Å²) in [6.07, 6.45) is 14.2. The fourth-order valence-electron chi connectivity index (χ4n) is 15.7. The third kappa shape index (κ3) is 20.9. The Morgan fingerprint density at radius 2 is 0.667 bits per heavy atom. The van der Waals surface area contributed by atoms with E-state index in [2.05, 4.69) is 45.2 Å². The number of carboxylic acids is 2. The Balaban J connectivity index is 0.000000130. The predicted octanol–water partition coefficient (Wildman–Crippen LogP) is 16.3. The summed E-state index contributed by atoms with van der Waals surface area (Å²) in [4.78, 5) is 87.6. The Morgan fingerprint density at radius 1 is 0.371 bits per heavy atom. The predicted molar refractivity (Wildman–Crippen MR) is 489 cm³/mol. The van der Waals surface area contributed by atoms with Crippen molar-refractivity contribution in [3.05, 3.63) is 316 Å². The zero-order valence-electron chi connectivity index (χ0n) is 72.3. The van der Waals surface area contributed by atoms with Gasteiger partial charge in [-0.25, -0.2) is 14.4 Å². The number of hydrogen-bond acceptors (Lipinski definition) is 30. The average molecular weight is 1830 g/mol. The Bertz CT molecular complexity index is 6360. The summed E-state index contributed by atoms with van der Waals surface area (Å²) in [5.74, 6) is 2.35. The summed E-state index contributed by atoms with van der Waals surface area (Å²) in [6, 6.07) is 59.9. The second kappa shape index (κ2) is 42.6. The molecule has 8 aromatic heterocycles. The number of oxazole rings is 4. The third-order valence-corrected chi connectivity index (χ3v) is 22.5. The van der Waals surface area contributed by atoms with Crippen molar-refractivity contribution in [1.29, 1.82) is 0 Å². The lowest BCUT2D eigenvalue weighted by Gasteiger charge is -2.35. The van der Waals surface area contributed by atoms with Crippen LogP contribution in [-0.4, -0.2) is 141 Å². The number of nitrogens with zero attached hydrogens (tertiary/aromatic N) is 11. The quantitative estimate of drug-likeness (QED) is 0.0501. The number of ether oxygens (including phenoxy) is 10. The molecule has 32 nitrogen and oxygen atoms in total. The van der Waals surface area contributed by atoms with Crippen molar-refractivity contribution in [2.45, 2.75) is 102 Å². The van der Waals surface area contributed by atoms with E-state index < -0.39 is 30.1 Å². The zero-order valence-corrected chi connectivity index (χ0v) is 73.9. The number of carboxylic acid groups (broad SMARTS) is 2. The molecule has 4 atom stereocenters. The Labute approximate surface area is 767 Å². The van der Waals surface area contributed by atoms with E-state index in [1.807, 2.05) is 175 Å². The minimum absolute atomic E-state index is 0. The topological polar surface area (TPSA) is 378 Å². The first-order valence-electron chi connectivity index (χ1n) is 41.6. The molecule has 0 aliphatic carbocycles. The first-order valence-corrected chi connectivity index (χ1v) is 42.0. The minimum Gasteiger partial charge on any atom is -0.493 e. The van der Waals surface area contributed by atoms with Crippen molar-refractivity contribution < 1.29 is 94.4 Å². The number of methoxy groups -OCH3 is 6. The van der Waals surface area contributed by atoms with Gasteiger partial charge in [0.25, 0.3) is 23.4 Å². The standard InChI is InChI=1S/C25H23N3O5.2C24H21N3O5.C19H21NO4.C6H3ClN2O.ClH/c1-30-21-9-8-17-14-28(25-27-19-10-11-26-13-22(19)33-25)20(24(29)31-2)12-18(17)23(21)32-15-16-6-4-3-5-7-16;2*1-30-20-8-7-16-13-27(24-26-18-9-10-25-12-21(18)32-24)19(23(28)29)11-17(16)22(20)31-14-15-5-3-2-4-6-15;1-22-17-9-8-14-11-20-16(19(21)23-2)10-15(14)18(17)24-12-13-6-4-3-5-7-13;7-6-9-4-1-2-8-3-5(4)10-6;/h3-11,13,20H,12,14-15H2,1-2H3;2*2-10,12,19H,11,13-14H2,1H3,(H,28,29);3-9,16,20H,10-12H2,1-2H3;1-3H;1H/t20-;2*19-;16-;;/m0000../s1. The summed E-state index contributed by atoms with van der Waals surface area (Å²) in [7, 11) is 9.16. The summed E-state index contributed by atoms with van der Waals surface area (Å²) in [5.41, 5.74) is 16.6. The van der Waals surface area contributed by atoms with E-state index in [1.54, 1.807) is 112 Å². The summed E-state index contributed by atoms with van der Waals surface area (Å²) < 4.78 is 79.2. The molecule has 20 rings (SSSR count). The molecule has 676 valence electrons. The number of carbonyl (C=O) groups is 4. The third-order valence-electron chi connectivity index (χ3n) is 22.3. The van der Waals surface area contributed by atoms with E-state index in [4.69, 9.17) is 76.6 Å². The van der Waals surface area contributed by atoms with Gasteiger partial charge in [-0.2, -0.15) is 19.9 Å². The van der Waals surface area contributed by atoms with Crippen molar-refractivity contribution in [1.82, 2.24) is 45.2 Å². The zero-order chi connectivity index (χ0) is 90.9. The average Bonchev–Trinajstić information content (AvgIpc) is 1.40. The van der Waals surface area contributed by atoms with Crippen molar-refractivity contribution in [3.63, 3.8) is 0 Å². The SMILES string of the molecule is COC(=O)[C@@H]1Cc2c(ccc(OC)c2OCc2ccccc2)CN1.COC(=O)[C@@H]1Cc2c(ccc(OC)c2OCc2ccccc2)CN1c1nc2ccncc2o1.COc1ccc2c(c1OCc1ccccc1)C[C@@H](C(=O)O)N(c1nc3ccncc3o1)C2.COc1ccc2c(c1OCc1ccccc1)C[C@@H](C(=O)O)N(c1nc3ccncc3o1)C2.Cl.Clc1nc2ccncc2o1. The smallest absolute Gasteiger partial charge is 0.329 e. The Kier molecular flexibility index (Phi) is 29.4. The highest BCUT2D eigenvalue weighted by atomic mass is 35.5. The molecule has 0 radical (unpaired) electrons. The maximum Gasteiger partial charge on any atom is 0.329 e. The van der Waals surface area contributed by atoms with E-state index in [0.717, 1.165) is 72.3 Å². The molecule has 0 spiro atoms. The summed E-state index contributed by atoms with van der Waals surface area (Å²) in [6.45, 7) is 3.18. The number of esters is 2. The molecule has 132 heavy (non-hydrogen) atoms. The molecule has 0 amide bonds. The van der Waals surface area contributed by atoms with Gasteiger partial charge in [0, 0.05) is 98.9 Å². The van der Waals surface area contributed by atoms with Crippen LogP contribution in [0, 0.1) is 0 Å². The van der Waals surface area contributed by atoms with Gasteiger partial charge in [-0.15, -0.1) is 12.4 Å². The molecule has 8 aromatic carbocycles. The number of pyridine rings is 4. The minimum atomic E-state index is -0.965. The van der Waals surface area contributed by atoms with Gasteiger partial charge in [-0.1, -0.05) is 146 Å². The monoisotopic (exact) mass is 1820 g/mol. The second-order valence-electron chi connectivity index (χ2n) is 30.3. The van der Waals surface area contributed by atoms with Gasteiger partial charge < -0.3 is 95.3 Å². The maximum atomic E-state index is 12.8. The number of carbonyl (C=O) groups excluding carboxylic acids is 2. The van der Waals surface area contributed by atoms with Gasteiger partial charge in [0.05, 0.1) is 67.4 Å². The first kappa shape index (κ1) is 91.2. The fourth-order valence-corrected chi connectivity index (χ4v) is 15.9. The highest BCUT2D eigenvalue weighted by Gasteiger charge is 2.41. The molecule has 0 fully saturated rings. The van der Waals surface area contributed by atoms with E-state index in [-0.39, 0.29) is 60.6 Å². The van der Waals surface area contributed by atoms with Crippen molar-refractivity contribution in [2.24, 2.45) is 0 Å². The van der Waals surface area contributed by atoms with Crippen LogP contribution in [0.2, 0.25) is 5.35 Å². The van der Waals surface area contributed by atoms with Gasteiger partial charge >= 0.3 is 23.9 Å². The Hall–Kier alpha value is -15.5. The number of fused-ring (bicyclic) bond motifs is 8. The van der Waals surface area contributed by atoms with Crippen LogP contribution in [0.1, 0.15) is 66.8 Å². The van der Waals surface area contributed by atoms with Gasteiger partial charge in [-0.05, 0) is 105 Å². The van der Waals surface area contributed by atoms with Gasteiger partial charge in [0.15, 0.2) is 68.3 Å². The number of rotatable bonds is 23. The highest BCUT2D eigenvalue weighted by Crippen LogP contribution is 2.45. The number of hydrogen-bond donors (Lipinski definition) is 3. The van der Waals surface area contributed by atoms with Crippen LogP contribution in [0.25, 0.3) is 44.4 Å². The number of aliphatic carboxylic acids is 2. The van der Waals surface area contributed by atoms with Crippen LogP contribution in [0.4, 0.5) is 18.0 Å². The fraction of sp³-hybridized carbons (Fsp3) is 0.224. The number of anilines is 3. The number of halogens is 2. The normalized spacial score (nSPS) is 15.0. The molecule has 0 unspecified atom stereocenters. The van der Waals surface area contributed by atoms with Gasteiger partial charge in [-0.3, -0.25) is 24.7 Å². The lowest BCUT2D eigenvalue weighted by Crippen LogP contribution is -2.46. The molecule has 4 aliphatic rings. The Morgan fingerprint density at radius 3 is 0.970 bits per heavy atom. The second-order valence-corrected chi connectivity index (χ2v) is 30.6. The summed E-state index contributed by atoms with van der Waals surface area (Å²) in [5, 5.41) is 23.3. The molecular formula is C98H90Cl2N12O20. The van der Waals surface area contributed by atoms with Gasteiger partial charge in [0.1, 0.15) is 72.7 Å². The van der Waals surface area contributed by atoms with Crippen LogP contribution >= 0.6 is 24.0 Å². The molecule has 0 saturated carbocycles. The van der Waals surface area contributed by atoms with E-state index in [0.29, 0.717) is 156 Å². The molecule has 0 saturated heterocycles. The molecule has 16 aromatic rings. The number of aromatic nitrogens is 8. The van der Waals surface area contributed by atoms with Gasteiger partial charge in [0.2, 0.25) is 0 Å². The largest absolute Gasteiger partial charge is 0.493 e. The van der Waals surface area contributed by atoms with Crippen LogP contribution in [0.3, 0.4) is 0 Å². The van der Waals surface area contributed by atoms with E-state index >= 15 is 0 Å². The number of nitrogens with one attached hydrogen (secondary N) is 1. The van der Waals surface area contributed by atoms with Crippen LogP contribution < -0.4 is 57.9 Å². The van der Waals surface area contributed by atoms with Crippen molar-refractivity contribution in [2.75, 3.05) is 57.4 Å². The maximum absolute atomic E-state index is 12.8. The lowest BCUT2D eigenvalue weighted by atomic mass is 9.92. The number of benzene rings is 8. The van der Waals surface area contributed by atoms with E-state index in [1.165, 1.54) is 14.2 Å². The molecule has 3 N–H and O–H groups in total.